The maximum absolute atomic E-state index is 12.0. The molecule has 124 valence electrons. The largest absolute Gasteiger partial charge is 0.446 e. The Kier molecular flexibility index (Phi) is 7.21. The number of oxazole rings is 1. The van der Waals surface area contributed by atoms with Gasteiger partial charge in [-0.2, -0.15) is 11.8 Å². The van der Waals surface area contributed by atoms with Gasteiger partial charge >= 0.3 is 0 Å². The first-order valence-corrected chi connectivity index (χ1v) is 9.30. The number of nitrogens with one attached hydrogen (secondary N) is 1. The molecule has 1 unspecified atom stereocenters. The molecular formula is C15H26N4O2S. The van der Waals surface area contributed by atoms with Crippen LogP contribution < -0.4 is 11.1 Å². The molecule has 6 nitrogen and oxygen atoms in total. The van der Waals surface area contributed by atoms with Crippen LogP contribution in [0.5, 0.6) is 0 Å². The van der Waals surface area contributed by atoms with E-state index < -0.39 is 0 Å². The molecule has 1 fully saturated rings. The third kappa shape index (κ3) is 5.30. The highest BCUT2D eigenvalue weighted by Crippen LogP contribution is 2.15. The monoisotopic (exact) mass is 326 g/mol. The SMILES string of the molecule is CSCCC(N)c1nc(C(=O)NCCN2CCCCC2)co1. The smallest absolute Gasteiger partial charge is 0.273 e. The fourth-order valence-corrected chi connectivity index (χ4v) is 3.02. The molecule has 1 aliphatic rings. The quantitative estimate of drug-likeness (QED) is 0.755. The number of carbonyl (C=O) groups is 1. The Labute approximate surface area is 136 Å². The minimum absolute atomic E-state index is 0.191. The van der Waals surface area contributed by atoms with Crippen molar-refractivity contribution in [3.63, 3.8) is 0 Å². The number of nitrogens with zero attached hydrogens (tertiary/aromatic N) is 2. The highest BCUT2D eigenvalue weighted by molar-refractivity contribution is 7.98. The molecule has 22 heavy (non-hydrogen) atoms. The number of likely N-dealkylation sites (tertiary alicyclic amines) is 1. The second-order valence-electron chi connectivity index (χ2n) is 5.62. The van der Waals surface area contributed by atoms with Gasteiger partial charge in [0.1, 0.15) is 6.26 Å². The predicted octanol–water partition coefficient (Wildman–Crippen LogP) is 1.64. The van der Waals surface area contributed by atoms with E-state index in [0.717, 1.165) is 31.8 Å². The van der Waals surface area contributed by atoms with Crippen molar-refractivity contribution in [3.05, 3.63) is 17.8 Å². The fraction of sp³-hybridized carbons (Fsp3) is 0.733. The molecular weight excluding hydrogens is 300 g/mol. The van der Waals surface area contributed by atoms with Crippen LogP contribution in [0.3, 0.4) is 0 Å². The van der Waals surface area contributed by atoms with Crippen LogP contribution in [-0.4, -0.2) is 54.0 Å². The van der Waals surface area contributed by atoms with Gasteiger partial charge in [0.15, 0.2) is 5.69 Å². The zero-order valence-corrected chi connectivity index (χ0v) is 14.0. The van der Waals surface area contributed by atoms with Gasteiger partial charge < -0.3 is 20.4 Å². The first-order valence-electron chi connectivity index (χ1n) is 7.91. The number of nitrogens with two attached hydrogens (primary N) is 1. The van der Waals surface area contributed by atoms with Crippen LogP contribution in [0.4, 0.5) is 0 Å². The second-order valence-corrected chi connectivity index (χ2v) is 6.60. The Balaban J connectivity index is 1.74. The van der Waals surface area contributed by atoms with Gasteiger partial charge in [-0.3, -0.25) is 4.79 Å². The van der Waals surface area contributed by atoms with Crippen molar-refractivity contribution >= 4 is 17.7 Å². The van der Waals surface area contributed by atoms with Gasteiger partial charge in [-0.25, -0.2) is 4.98 Å². The summed E-state index contributed by atoms with van der Waals surface area (Å²) >= 11 is 1.73. The lowest BCUT2D eigenvalue weighted by atomic mass is 10.1. The van der Waals surface area contributed by atoms with Gasteiger partial charge in [-0.05, 0) is 44.4 Å². The number of amides is 1. The summed E-state index contributed by atoms with van der Waals surface area (Å²) in [5, 5.41) is 2.89. The molecule has 1 saturated heterocycles. The Morgan fingerprint density at radius 1 is 1.50 bits per heavy atom. The molecule has 0 saturated carbocycles. The molecule has 3 N–H and O–H groups in total. The van der Waals surface area contributed by atoms with Gasteiger partial charge in [0.2, 0.25) is 5.89 Å². The zero-order valence-electron chi connectivity index (χ0n) is 13.2. The van der Waals surface area contributed by atoms with E-state index in [1.165, 1.54) is 25.5 Å². The molecule has 0 aromatic carbocycles. The standard InChI is InChI=1S/C15H26N4O2S/c1-22-10-5-12(16)15-18-13(11-21-15)14(20)17-6-9-19-7-3-2-4-8-19/h11-12H,2-10,16H2,1H3,(H,17,20). The van der Waals surface area contributed by atoms with Gasteiger partial charge in [0.25, 0.3) is 5.91 Å². The third-order valence-corrected chi connectivity index (χ3v) is 4.51. The summed E-state index contributed by atoms with van der Waals surface area (Å²) in [6, 6.07) is -0.248. The zero-order chi connectivity index (χ0) is 15.8. The van der Waals surface area contributed by atoms with Crippen LogP contribution in [0, 0.1) is 0 Å². The van der Waals surface area contributed by atoms with E-state index in [4.69, 9.17) is 10.2 Å². The molecule has 0 radical (unpaired) electrons. The van der Waals surface area contributed by atoms with Crippen LogP contribution in [0.1, 0.15) is 48.1 Å². The third-order valence-electron chi connectivity index (χ3n) is 3.87. The van der Waals surface area contributed by atoms with Crippen molar-refractivity contribution in [2.45, 2.75) is 31.7 Å². The second kappa shape index (κ2) is 9.17. The summed E-state index contributed by atoms with van der Waals surface area (Å²) in [6.07, 6.45) is 8.05. The van der Waals surface area contributed by atoms with E-state index >= 15 is 0 Å². The lowest BCUT2D eigenvalue weighted by molar-refractivity contribution is 0.0941. The van der Waals surface area contributed by atoms with Crippen LogP contribution in [0.2, 0.25) is 0 Å². The lowest BCUT2D eigenvalue weighted by Gasteiger charge is -2.26. The molecule has 0 aliphatic carbocycles. The summed E-state index contributed by atoms with van der Waals surface area (Å²) in [5.74, 6) is 1.19. The fourth-order valence-electron chi connectivity index (χ4n) is 2.53. The number of aromatic nitrogens is 1. The van der Waals surface area contributed by atoms with Gasteiger partial charge in [-0.1, -0.05) is 6.42 Å². The summed E-state index contributed by atoms with van der Waals surface area (Å²) in [7, 11) is 0. The number of hydrogen-bond donors (Lipinski definition) is 2. The minimum atomic E-state index is -0.248. The van der Waals surface area contributed by atoms with Crippen molar-refractivity contribution in [2.24, 2.45) is 5.73 Å². The molecule has 2 rings (SSSR count). The lowest BCUT2D eigenvalue weighted by Crippen LogP contribution is -2.37. The van der Waals surface area contributed by atoms with Crippen LogP contribution >= 0.6 is 11.8 Å². The van der Waals surface area contributed by atoms with Crippen LogP contribution in [0.15, 0.2) is 10.7 Å². The van der Waals surface area contributed by atoms with E-state index in [0.29, 0.717) is 18.1 Å². The van der Waals surface area contributed by atoms with Gasteiger partial charge in [0, 0.05) is 13.1 Å². The maximum atomic E-state index is 12.0. The van der Waals surface area contributed by atoms with E-state index in [-0.39, 0.29) is 11.9 Å². The number of rotatable bonds is 8. The predicted molar refractivity (Wildman–Crippen MR) is 89.1 cm³/mol. The Morgan fingerprint density at radius 3 is 3.00 bits per heavy atom. The first-order chi connectivity index (χ1) is 10.7. The Morgan fingerprint density at radius 2 is 2.27 bits per heavy atom. The van der Waals surface area contributed by atoms with Gasteiger partial charge in [-0.15, -0.1) is 0 Å². The van der Waals surface area contributed by atoms with E-state index in [1.807, 2.05) is 6.26 Å². The highest BCUT2D eigenvalue weighted by Gasteiger charge is 2.17. The molecule has 1 aromatic heterocycles. The van der Waals surface area contributed by atoms with Crippen molar-refractivity contribution in [1.82, 2.24) is 15.2 Å². The average molecular weight is 326 g/mol. The summed E-state index contributed by atoms with van der Waals surface area (Å²) in [6.45, 7) is 3.80. The number of thioether (sulfide) groups is 1. The summed E-state index contributed by atoms with van der Waals surface area (Å²) < 4.78 is 5.32. The maximum Gasteiger partial charge on any atom is 0.273 e. The average Bonchev–Trinajstić information content (AvgIpc) is 3.03. The number of hydrogen-bond acceptors (Lipinski definition) is 6. The topological polar surface area (TPSA) is 84.4 Å². The molecule has 1 aromatic rings. The van der Waals surface area contributed by atoms with E-state index in [2.05, 4.69) is 15.2 Å². The summed E-state index contributed by atoms with van der Waals surface area (Å²) in [5.41, 5.74) is 6.30. The van der Waals surface area contributed by atoms with E-state index in [9.17, 15) is 4.79 Å². The number of piperidine rings is 1. The van der Waals surface area contributed by atoms with E-state index in [1.54, 1.807) is 11.8 Å². The van der Waals surface area contributed by atoms with Crippen molar-refractivity contribution in [2.75, 3.05) is 38.2 Å². The minimum Gasteiger partial charge on any atom is -0.446 e. The molecule has 1 atom stereocenters. The van der Waals surface area contributed by atoms with Crippen molar-refractivity contribution in [3.8, 4) is 0 Å². The van der Waals surface area contributed by atoms with Crippen molar-refractivity contribution in [1.29, 1.82) is 0 Å². The molecule has 0 spiro atoms. The molecule has 2 heterocycles. The summed E-state index contributed by atoms with van der Waals surface area (Å²) in [4.78, 5) is 18.6. The molecule has 1 amide bonds. The van der Waals surface area contributed by atoms with Crippen LogP contribution in [0.25, 0.3) is 0 Å². The molecule has 1 aliphatic heterocycles. The van der Waals surface area contributed by atoms with Crippen molar-refractivity contribution < 1.29 is 9.21 Å². The molecule has 7 heteroatoms. The van der Waals surface area contributed by atoms with Crippen LogP contribution in [-0.2, 0) is 0 Å². The molecule has 0 bridgehead atoms. The first kappa shape index (κ1) is 17.3. The number of carbonyl (C=O) groups excluding carboxylic acids is 1. The Bertz CT molecular complexity index is 460. The highest BCUT2D eigenvalue weighted by atomic mass is 32.2. The Hall–Kier alpha value is -1.05. The van der Waals surface area contributed by atoms with Gasteiger partial charge in [0.05, 0.1) is 6.04 Å². The normalized spacial score (nSPS) is 17.4.